The smallest absolute Gasteiger partial charge is 0.200 e. The van der Waals surface area contributed by atoms with Crippen molar-refractivity contribution in [3.63, 3.8) is 0 Å². The lowest BCUT2D eigenvalue weighted by molar-refractivity contribution is 0.375. The lowest BCUT2D eigenvalue weighted by atomic mass is 10.2. The van der Waals surface area contributed by atoms with E-state index in [9.17, 15) is 22.0 Å². The van der Waals surface area contributed by atoms with Crippen LogP contribution in [0.15, 0.2) is 6.33 Å². The highest BCUT2D eigenvalue weighted by molar-refractivity contribution is 6.16. The third-order valence-electron chi connectivity index (χ3n) is 2.17. The van der Waals surface area contributed by atoms with Gasteiger partial charge in [-0.3, -0.25) is 4.57 Å². The lowest BCUT2D eigenvalue weighted by Gasteiger charge is -2.09. The molecule has 1 heterocycles. The largest absolute Gasteiger partial charge is 0.279 e. The van der Waals surface area contributed by atoms with Crippen molar-refractivity contribution in [3.05, 3.63) is 41.2 Å². The van der Waals surface area contributed by atoms with Crippen molar-refractivity contribution in [2.24, 2.45) is 0 Å². The number of aromatic nitrogens is 3. The molecule has 96 valence electrons. The highest BCUT2D eigenvalue weighted by Gasteiger charge is 2.27. The quantitative estimate of drug-likeness (QED) is 0.367. The molecule has 0 spiro atoms. The third-order valence-corrected chi connectivity index (χ3v) is 2.40. The lowest BCUT2D eigenvalue weighted by Crippen LogP contribution is -2.11. The first-order valence-electron chi connectivity index (χ1n) is 4.45. The van der Waals surface area contributed by atoms with Crippen molar-refractivity contribution in [2.75, 3.05) is 0 Å². The Bertz CT molecular complexity index is 583. The van der Waals surface area contributed by atoms with Crippen molar-refractivity contribution in [2.45, 2.75) is 5.88 Å². The zero-order valence-electron chi connectivity index (χ0n) is 8.39. The summed E-state index contributed by atoms with van der Waals surface area (Å²) in [6, 6.07) is 0. The number of hydrogen-bond donors (Lipinski definition) is 0. The van der Waals surface area contributed by atoms with Gasteiger partial charge in [-0.05, 0) is 0 Å². The Balaban J connectivity index is 2.80. The predicted molar refractivity (Wildman–Crippen MR) is 50.7 cm³/mol. The number of halogens is 6. The second-order valence-electron chi connectivity index (χ2n) is 3.17. The molecule has 9 heteroatoms. The van der Waals surface area contributed by atoms with E-state index in [1.807, 2.05) is 0 Å². The van der Waals surface area contributed by atoms with E-state index in [0.717, 1.165) is 6.33 Å². The minimum absolute atomic E-state index is 0.153. The molecule has 0 saturated carbocycles. The molecular weight excluding hydrogens is 281 g/mol. The zero-order chi connectivity index (χ0) is 13.4. The number of nitrogens with zero attached hydrogens (tertiary/aromatic N) is 3. The van der Waals surface area contributed by atoms with Gasteiger partial charge in [-0.25, -0.2) is 22.0 Å². The average Bonchev–Trinajstić information content (AvgIpc) is 2.82. The summed E-state index contributed by atoms with van der Waals surface area (Å²) in [4.78, 5) is 0. The van der Waals surface area contributed by atoms with Gasteiger partial charge in [0.25, 0.3) is 0 Å². The standard InChI is InChI=1S/C9H3ClF5N3/c10-1-3-17-16-2-18(3)9-7(14)5(12)4(11)6(13)8(9)15/h2H,1H2. The Morgan fingerprint density at radius 2 is 1.44 bits per heavy atom. The SMILES string of the molecule is Fc1c(F)c(F)c(-n2cnnc2CCl)c(F)c1F. The summed E-state index contributed by atoms with van der Waals surface area (Å²) >= 11 is 5.41. The molecule has 1 aromatic carbocycles. The van der Waals surface area contributed by atoms with Gasteiger partial charge in [0.15, 0.2) is 29.1 Å². The van der Waals surface area contributed by atoms with E-state index in [1.165, 1.54) is 0 Å². The first kappa shape index (κ1) is 12.7. The summed E-state index contributed by atoms with van der Waals surface area (Å²) in [6.45, 7) is 0. The van der Waals surface area contributed by atoms with Gasteiger partial charge in [-0.2, -0.15) is 0 Å². The molecule has 0 bridgehead atoms. The van der Waals surface area contributed by atoms with Crippen molar-refractivity contribution in [1.29, 1.82) is 0 Å². The molecule has 2 rings (SSSR count). The molecule has 0 radical (unpaired) electrons. The molecular formula is C9H3ClF5N3. The molecule has 3 nitrogen and oxygen atoms in total. The second kappa shape index (κ2) is 4.52. The average molecular weight is 284 g/mol. The van der Waals surface area contributed by atoms with E-state index < -0.39 is 34.8 Å². The Morgan fingerprint density at radius 3 is 1.94 bits per heavy atom. The molecule has 0 aliphatic rings. The normalized spacial score (nSPS) is 11.0. The van der Waals surface area contributed by atoms with E-state index in [1.54, 1.807) is 0 Å². The summed E-state index contributed by atoms with van der Waals surface area (Å²) in [5, 5.41) is 6.67. The first-order chi connectivity index (χ1) is 8.49. The molecule has 2 aromatic rings. The summed E-state index contributed by atoms with van der Waals surface area (Å²) in [7, 11) is 0. The molecule has 0 atom stereocenters. The van der Waals surface area contributed by atoms with E-state index >= 15 is 0 Å². The summed E-state index contributed by atoms with van der Waals surface area (Å²) < 4.78 is 66.3. The van der Waals surface area contributed by atoms with Crippen LogP contribution in [0.5, 0.6) is 0 Å². The van der Waals surface area contributed by atoms with Crippen LogP contribution in [0.1, 0.15) is 5.82 Å². The van der Waals surface area contributed by atoms with Gasteiger partial charge in [0.05, 0.1) is 5.88 Å². The van der Waals surface area contributed by atoms with Crippen LogP contribution in [0, 0.1) is 29.1 Å². The van der Waals surface area contributed by atoms with Crippen LogP contribution in [0.25, 0.3) is 5.69 Å². The fourth-order valence-corrected chi connectivity index (χ4v) is 1.52. The van der Waals surface area contributed by atoms with E-state index in [0.29, 0.717) is 4.57 Å². The molecule has 1 aromatic heterocycles. The maximum atomic E-state index is 13.4. The van der Waals surface area contributed by atoms with Gasteiger partial charge in [-0.1, -0.05) is 0 Å². The zero-order valence-corrected chi connectivity index (χ0v) is 9.15. The predicted octanol–water partition coefficient (Wildman–Crippen LogP) is 2.70. The van der Waals surface area contributed by atoms with Gasteiger partial charge >= 0.3 is 0 Å². The molecule has 0 fully saturated rings. The van der Waals surface area contributed by atoms with Crippen molar-refractivity contribution >= 4 is 11.6 Å². The van der Waals surface area contributed by atoms with Crippen LogP contribution in [0.2, 0.25) is 0 Å². The van der Waals surface area contributed by atoms with Gasteiger partial charge in [0.2, 0.25) is 5.82 Å². The highest BCUT2D eigenvalue weighted by Crippen LogP contribution is 2.26. The molecule has 0 aliphatic carbocycles. The van der Waals surface area contributed by atoms with Crippen molar-refractivity contribution in [1.82, 2.24) is 14.8 Å². The Morgan fingerprint density at radius 1 is 0.944 bits per heavy atom. The molecule has 0 amide bonds. The molecule has 0 N–H and O–H groups in total. The number of hydrogen-bond acceptors (Lipinski definition) is 2. The van der Waals surface area contributed by atoms with Crippen LogP contribution in [-0.4, -0.2) is 14.8 Å². The summed E-state index contributed by atoms with van der Waals surface area (Å²) in [6.07, 6.45) is 0.802. The maximum Gasteiger partial charge on any atom is 0.200 e. The molecule has 0 aliphatic heterocycles. The van der Waals surface area contributed by atoms with Gasteiger partial charge < -0.3 is 0 Å². The van der Waals surface area contributed by atoms with Gasteiger partial charge in [0.1, 0.15) is 12.0 Å². The fourth-order valence-electron chi connectivity index (χ4n) is 1.34. The van der Waals surface area contributed by atoms with Crippen LogP contribution in [0.3, 0.4) is 0 Å². The van der Waals surface area contributed by atoms with E-state index in [2.05, 4.69) is 10.2 Å². The number of rotatable bonds is 2. The van der Waals surface area contributed by atoms with Gasteiger partial charge in [-0.15, -0.1) is 21.8 Å². The highest BCUT2D eigenvalue weighted by atomic mass is 35.5. The number of benzene rings is 1. The van der Waals surface area contributed by atoms with Crippen LogP contribution in [-0.2, 0) is 5.88 Å². The fraction of sp³-hybridized carbons (Fsp3) is 0.111. The van der Waals surface area contributed by atoms with Crippen molar-refractivity contribution < 1.29 is 22.0 Å². The first-order valence-corrected chi connectivity index (χ1v) is 4.99. The number of alkyl halides is 1. The molecule has 0 unspecified atom stereocenters. The third kappa shape index (κ3) is 1.72. The van der Waals surface area contributed by atoms with Crippen molar-refractivity contribution in [3.8, 4) is 5.69 Å². The molecule has 18 heavy (non-hydrogen) atoms. The summed E-state index contributed by atoms with van der Waals surface area (Å²) in [5.41, 5.74) is -1.16. The topological polar surface area (TPSA) is 30.7 Å². The van der Waals surface area contributed by atoms with E-state index in [4.69, 9.17) is 11.6 Å². The Hall–Kier alpha value is -1.70. The Labute approximate surface area is 102 Å². The van der Waals surface area contributed by atoms with Crippen LogP contribution in [0.4, 0.5) is 22.0 Å². The minimum atomic E-state index is -2.23. The maximum absolute atomic E-state index is 13.4. The second-order valence-corrected chi connectivity index (χ2v) is 3.44. The van der Waals surface area contributed by atoms with E-state index in [-0.39, 0.29) is 11.7 Å². The van der Waals surface area contributed by atoms with Crippen LogP contribution >= 0.6 is 11.6 Å². The minimum Gasteiger partial charge on any atom is -0.279 e. The van der Waals surface area contributed by atoms with Crippen LogP contribution < -0.4 is 0 Å². The molecule has 0 saturated heterocycles. The Kier molecular flexibility index (Phi) is 3.20. The van der Waals surface area contributed by atoms with Gasteiger partial charge in [0, 0.05) is 0 Å². The monoisotopic (exact) mass is 283 g/mol. The summed E-state index contributed by atoms with van der Waals surface area (Å²) in [5.74, 6) is -10.7.